The summed E-state index contributed by atoms with van der Waals surface area (Å²) in [7, 11) is -1.33. The van der Waals surface area contributed by atoms with E-state index in [0.29, 0.717) is 12.2 Å². The molecule has 1 N–H and O–H groups in total. The number of benzene rings is 1. The fourth-order valence-electron chi connectivity index (χ4n) is 1.46. The van der Waals surface area contributed by atoms with Crippen LogP contribution < -0.4 is 9.62 Å². The number of amidine groups is 1. The SMILES string of the molecule is C=CCN=C(C)N(C)c1ccc(NS(C)(=O)=O)cc1. The molecule has 1 aromatic rings. The minimum atomic E-state index is -3.24. The largest absolute Gasteiger partial charge is 0.333 e. The van der Waals surface area contributed by atoms with Crippen LogP contribution in [0, 0.1) is 0 Å². The molecule has 1 aromatic carbocycles. The van der Waals surface area contributed by atoms with Crippen LogP contribution in [0.15, 0.2) is 41.9 Å². The molecule has 1 rings (SSSR count). The van der Waals surface area contributed by atoms with Crippen molar-refractivity contribution < 1.29 is 8.42 Å². The summed E-state index contributed by atoms with van der Waals surface area (Å²) in [6.45, 7) is 6.10. The van der Waals surface area contributed by atoms with Crippen LogP contribution in [0.2, 0.25) is 0 Å². The van der Waals surface area contributed by atoms with Crippen LogP contribution in [0.5, 0.6) is 0 Å². The third-order valence-electron chi connectivity index (χ3n) is 2.49. The molecule has 104 valence electrons. The Morgan fingerprint density at radius 1 is 1.42 bits per heavy atom. The van der Waals surface area contributed by atoms with E-state index in [-0.39, 0.29) is 0 Å². The summed E-state index contributed by atoms with van der Waals surface area (Å²) < 4.78 is 24.6. The number of rotatable bonds is 5. The van der Waals surface area contributed by atoms with Gasteiger partial charge in [-0.15, -0.1) is 6.58 Å². The van der Waals surface area contributed by atoms with Crippen molar-refractivity contribution in [2.75, 3.05) is 29.5 Å². The fourth-order valence-corrected chi connectivity index (χ4v) is 2.02. The zero-order chi connectivity index (χ0) is 14.5. The van der Waals surface area contributed by atoms with Gasteiger partial charge in [0.1, 0.15) is 5.84 Å². The van der Waals surface area contributed by atoms with Crippen LogP contribution in [0.25, 0.3) is 0 Å². The molecule has 0 aromatic heterocycles. The standard InChI is InChI=1S/C13H19N3O2S/c1-5-10-14-11(2)16(3)13-8-6-12(7-9-13)15-19(4,17)18/h5-9,15H,1,10H2,2-4H3. The molecule has 0 heterocycles. The molecule has 0 aliphatic rings. The summed E-state index contributed by atoms with van der Waals surface area (Å²) in [6, 6.07) is 7.10. The van der Waals surface area contributed by atoms with Crippen LogP contribution in [0.3, 0.4) is 0 Å². The highest BCUT2D eigenvalue weighted by Gasteiger charge is 2.05. The molecule has 0 aliphatic heterocycles. The summed E-state index contributed by atoms with van der Waals surface area (Å²) in [6.07, 6.45) is 2.86. The smallest absolute Gasteiger partial charge is 0.229 e. The highest BCUT2D eigenvalue weighted by atomic mass is 32.2. The van der Waals surface area contributed by atoms with E-state index < -0.39 is 10.0 Å². The van der Waals surface area contributed by atoms with Gasteiger partial charge in [0.2, 0.25) is 10.0 Å². The molecule has 0 amide bonds. The maximum atomic E-state index is 11.1. The van der Waals surface area contributed by atoms with Crippen molar-refractivity contribution in [1.82, 2.24) is 0 Å². The third kappa shape index (κ3) is 5.13. The predicted octanol–water partition coefficient (Wildman–Crippen LogP) is 2.10. The first-order valence-electron chi connectivity index (χ1n) is 5.77. The third-order valence-corrected chi connectivity index (χ3v) is 3.10. The molecule has 0 fully saturated rings. The fraction of sp³-hybridized carbons (Fsp3) is 0.308. The van der Waals surface area contributed by atoms with E-state index in [4.69, 9.17) is 0 Å². The molecular formula is C13H19N3O2S. The lowest BCUT2D eigenvalue weighted by Gasteiger charge is -2.19. The van der Waals surface area contributed by atoms with Crippen LogP contribution in [0.1, 0.15) is 6.92 Å². The van der Waals surface area contributed by atoms with Crippen LogP contribution in [-0.4, -0.2) is 34.1 Å². The molecule has 0 unspecified atom stereocenters. The Hall–Kier alpha value is -1.82. The van der Waals surface area contributed by atoms with E-state index in [0.717, 1.165) is 17.8 Å². The maximum Gasteiger partial charge on any atom is 0.229 e. The number of nitrogens with zero attached hydrogens (tertiary/aromatic N) is 2. The number of sulfonamides is 1. The molecular weight excluding hydrogens is 262 g/mol. The molecule has 5 nitrogen and oxygen atoms in total. The predicted molar refractivity (Wildman–Crippen MR) is 81.5 cm³/mol. The van der Waals surface area contributed by atoms with Crippen molar-refractivity contribution in [3.63, 3.8) is 0 Å². The molecule has 0 saturated heterocycles. The Morgan fingerprint density at radius 3 is 2.47 bits per heavy atom. The summed E-state index contributed by atoms with van der Waals surface area (Å²) in [5.41, 5.74) is 1.48. The Balaban J connectivity index is 2.84. The molecule has 0 bridgehead atoms. The van der Waals surface area contributed by atoms with Gasteiger partial charge in [-0.05, 0) is 31.2 Å². The first-order chi connectivity index (χ1) is 8.83. The monoisotopic (exact) mass is 281 g/mol. The van der Waals surface area contributed by atoms with Crippen LogP contribution >= 0.6 is 0 Å². The average molecular weight is 281 g/mol. The molecule has 0 atom stereocenters. The van der Waals surface area contributed by atoms with Gasteiger partial charge in [-0.25, -0.2) is 8.42 Å². The van der Waals surface area contributed by atoms with E-state index >= 15 is 0 Å². The normalized spacial score (nSPS) is 12.1. The number of anilines is 2. The highest BCUT2D eigenvalue weighted by Crippen LogP contribution is 2.17. The van der Waals surface area contributed by atoms with Gasteiger partial charge in [0.15, 0.2) is 0 Å². The van der Waals surface area contributed by atoms with E-state index in [1.54, 1.807) is 18.2 Å². The Bertz CT molecular complexity index is 562. The molecule has 0 saturated carbocycles. The Morgan fingerprint density at radius 2 is 2.00 bits per heavy atom. The first kappa shape index (κ1) is 15.2. The zero-order valence-corrected chi connectivity index (χ0v) is 12.2. The van der Waals surface area contributed by atoms with Gasteiger partial charge in [0, 0.05) is 18.4 Å². The quantitative estimate of drug-likeness (QED) is 0.511. The van der Waals surface area contributed by atoms with Gasteiger partial charge in [-0.1, -0.05) is 6.08 Å². The topological polar surface area (TPSA) is 61.8 Å². The minimum Gasteiger partial charge on any atom is -0.333 e. The summed E-state index contributed by atoms with van der Waals surface area (Å²) in [4.78, 5) is 6.24. The van der Waals surface area contributed by atoms with Crippen LogP contribution in [-0.2, 0) is 10.0 Å². The number of hydrogen-bond donors (Lipinski definition) is 1. The molecule has 19 heavy (non-hydrogen) atoms. The van der Waals surface area contributed by atoms with Crippen molar-refractivity contribution >= 4 is 27.2 Å². The molecule has 6 heteroatoms. The second-order valence-corrected chi connectivity index (χ2v) is 5.91. The van der Waals surface area contributed by atoms with Crippen molar-refractivity contribution in [3.05, 3.63) is 36.9 Å². The van der Waals surface area contributed by atoms with Gasteiger partial charge in [0.25, 0.3) is 0 Å². The van der Waals surface area contributed by atoms with Gasteiger partial charge in [-0.3, -0.25) is 9.71 Å². The summed E-state index contributed by atoms with van der Waals surface area (Å²) >= 11 is 0. The lowest BCUT2D eigenvalue weighted by Crippen LogP contribution is -2.23. The number of aliphatic imine (C=N–C) groups is 1. The van der Waals surface area contributed by atoms with E-state index in [1.165, 1.54) is 0 Å². The van der Waals surface area contributed by atoms with Crippen molar-refractivity contribution in [3.8, 4) is 0 Å². The lowest BCUT2D eigenvalue weighted by atomic mass is 10.2. The molecule has 0 aliphatic carbocycles. The van der Waals surface area contributed by atoms with E-state index in [9.17, 15) is 8.42 Å². The minimum absolute atomic E-state index is 0.542. The van der Waals surface area contributed by atoms with Crippen molar-refractivity contribution in [1.29, 1.82) is 0 Å². The number of nitrogens with one attached hydrogen (secondary N) is 1. The second-order valence-electron chi connectivity index (χ2n) is 4.16. The van der Waals surface area contributed by atoms with Crippen molar-refractivity contribution in [2.45, 2.75) is 6.92 Å². The Labute approximate surface area is 114 Å². The summed E-state index contributed by atoms with van der Waals surface area (Å²) in [5, 5.41) is 0. The van der Waals surface area contributed by atoms with Crippen molar-refractivity contribution in [2.24, 2.45) is 4.99 Å². The van der Waals surface area contributed by atoms with E-state index in [2.05, 4.69) is 16.3 Å². The average Bonchev–Trinajstić information content (AvgIpc) is 2.34. The Kier molecular flexibility index (Phi) is 5.11. The van der Waals surface area contributed by atoms with Gasteiger partial charge in [0.05, 0.1) is 12.8 Å². The highest BCUT2D eigenvalue weighted by molar-refractivity contribution is 7.92. The van der Waals surface area contributed by atoms with E-state index in [1.807, 2.05) is 31.0 Å². The summed E-state index contributed by atoms with van der Waals surface area (Å²) in [5.74, 6) is 0.865. The zero-order valence-electron chi connectivity index (χ0n) is 11.4. The second kappa shape index (κ2) is 6.38. The molecule has 0 spiro atoms. The van der Waals surface area contributed by atoms with Gasteiger partial charge >= 0.3 is 0 Å². The van der Waals surface area contributed by atoms with Gasteiger partial charge < -0.3 is 4.90 Å². The van der Waals surface area contributed by atoms with Gasteiger partial charge in [-0.2, -0.15) is 0 Å². The maximum absolute atomic E-state index is 11.1. The molecule has 0 radical (unpaired) electrons. The first-order valence-corrected chi connectivity index (χ1v) is 7.66. The lowest BCUT2D eigenvalue weighted by molar-refractivity contribution is 0.607. The van der Waals surface area contributed by atoms with Crippen LogP contribution in [0.4, 0.5) is 11.4 Å². The number of hydrogen-bond acceptors (Lipinski definition) is 3.